The Labute approximate surface area is 191 Å². The quantitative estimate of drug-likeness (QED) is 0.476. The van der Waals surface area contributed by atoms with Crippen LogP contribution in [0, 0.1) is 0 Å². The second-order valence-electron chi connectivity index (χ2n) is 7.65. The lowest BCUT2D eigenvalue weighted by Gasteiger charge is -2.26. The predicted octanol–water partition coefficient (Wildman–Crippen LogP) is 5.38. The van der Waals surface area contributed by atoms with Crippen LogP contribution in [-0.2, 0) is 0 Å². The van der Waals surface area contributed by atoms with Crippen LogP contribution in [0.5, 0.6) is 0 Å². The molecule has 0 saturated carbocycles. The summed E-state index contributed by atoms with van der Waals surface area (Å²) in [5.74, 6) is -0.166. The van der Waals surface area contributed by atoms with Crippen molar-refractivity contribution in [1.82, 2.24) is 9.80 Å². The second-order valence-corrected chi connectivity index (χ2v) is 8.52. The highest BCUT2D eigenvalue weighted by Gasteiger charge is 2.42. The topological polar surface area (TPSA) is 53.8 Å². The van der Waals surface area contributed by atoms with Gasteiger partial charge >= 0.3 is 0 Å². The van der Waals surface area contributed by atoms with Crippen LogP contribution in [0.15, 0.2) is 51.7 Å². The van der Waals surface area contributed by atoms with Crippen molar-refractivity contribution in [2.45, 2.75) is 26.3 Å². The monoisotopic (exact) mass is 458 g/mol. The number of hydrogen-bond donors (Lipinski definition) is 0. The molecule has 0 saturated heterocycles. The molecule has 7 heteroatoms. The summed E-state index contributed by atoms with van der Waals surface area (Å²) in [7, 11) is 0. The van der Waals surface area contributed by atoms with Crippen LogP contribution in [-0.4, -0.2) is 41.9 Å². The fourth-order valence-corrected chi connectivity index (χ4v) is 4.62. The van der Waals surface area contributed by atoms with Crippen LogP contribution in [0.1, 0.15) is 48.0 Å². The maximum Gasteiger partial charge on any atom is 0.290 e. The Morgan fingerprint density at radius 1 is 1.03 bits per heavy atom. The molecule has 5 nitrogen and oxygen atoms in total. The van der Waals surface area contributed by atoms with Crippen molar-refractivity contribution in [3.63, 3.8) is 0 Å². The summed E-state index contributed by atoms with van der Waals surface area (Å²) in [6, 6.07) is 11.6. The van der Waals surface area contributed by atoms with Crippen LogP contribution in [0.25, 0.3) is 11.0 Å². The summed E-state index contributed by atoms with van der Waals surface area (Å²) in [5, 5.41) is 1.37. The lowest BCUT2D eigenvalue weighted by atomic mass is 9.98. The van der Waals surface area contributed by atoms with Crippen molar-refractivity contribution in [3.8, 4) is 0 Å². The lowest BCUT2D eigenvalue weighted by Crippen LogP contribution is -2.33. The zero-order valence-corrected chi connectivity index (χ0v) is 19.0. The molecular formula is C24H24Cl2N2O3. The third kappa shape index (κ3) is 4.10. The number of rotatable bonds is 7. The molecule has 0 spiro atoms. The van der Waals surface area contributed by atoms with Crippen molar-refractivity contribution in [2.75, 3.05) is 26.2 Å². The molecule has 2 aromatic carbocycles. The summed E-state index contributed by atoms with van der Waals surface area (Å²) in [6.45, 7) is 7.52. The Morgan fingerprint density at radius 2 is 1.77 bits per heavy atom. The number of amides is 1. The maximum absolute atomic E-state index is 13.5. The molecule has 1 atom stereocenters. The van der Waals surface area contributed by atoms with Gasteiger partial charge in [0.2, 0.25) is 5.76 Å². The molecule has 1 aliphatic heterocycles. The van der Waals surface area contributed by atoms with E-state index >= 15 is 0 Å². The largest absolute Gasteiger partial charge is 0.450 e. The summed E-state index contributed by atoms with van der Waals surface area (Å²) >= 11 is 12.4. The number of fused-ring (bicyclic) bond motifs is 2. The molecule has 2 heterocycles. The van der Waals surface area contributed by atoms with Gasteiger partial charge in [-0.1, -0.05) is 49.2 Å². The maximum atomic E-state index is 13.5. The van der Waals surface area contributed by atoms with Crippen LogP contribution < -0.4 is 5.43 Å². The molecular weight excluding hydrogens is 435 g/mol. The molecule has 4 rings (SSSR count). The Morgan fingerprint density at radius 3 is 2.48 bits per heavy atom. The third-order valence-electron chi connectivity index (χ3n) is 5.86. The molecule has 1 aliphatic rings. The fourth-order valence-electron chi connectivity index (χ4n) is 4.25. The van der Waals surface area contributed by atoms with Gasteiger partial charge in [0.05, 0.1) is 17.0 Å². The first-order valence-electron chi connectivity index (χ1n) is 10.5. The second kappa shape index (κ2) is 9.03. The molecule has 1 aromatic heterocycles. The van der Waals surface area contributed by atoms with Crippen LogP contribution in [0.3, 0.4) is 0 Å². The van der Waals surface area contributed by atoms with Crippen molar-refractivity contribution in [2.24, 2.45) is 0 Å². The van der Waals surface area contributed by atoms with Gasteiger partial charge in [-0.25, -0.2) is 0 Å². The Kier molecular flexibility index (Phi) is 6.37. The highest BCUT2D eigenvalue weighted by atomic mass is 35.5. The standard InChI is InChI=1S/C24H24Cl2N2O3/c1-3-27(4-2)11-6-12-28-21(15-7-5-8-16(25)13-15)20-22(29)18-14-17(26)9-10-19(18)31-23(20)24(28)30/h5,7-10,13-14,21H,3-4,6,11-12H2,1-2H3. The number of benzene rings is 2. The van der Waals surface area contributed by atoms with Gasteiger partial charge in [0.25, 0.3) is 5.91 Å². The normalized spacial score (nSPS) is 15.8. The van der Waals surface area contributed by atoms with E-state index in [0.29, 0.717) is 33.1 Å². The molecule has 3 aromatic rings. The van der Waals surface area contributed by atoms with Crippen LogP contribution in [0.4, 0.5) is 0 Å². The highest BCUT2D eigenvalue weighted by molar-refractivity contribution is 6.31. The summed E-state index contributed by atoms with van der Waals surface area (Å²) < 4.78 is 5.94. The van der Waals surface area contributed by atoms with Crippen molar-refractivity contribution < 1.29 is 9.21 Å². The zero-order valence-electron chi connectivity index (χ0n) is 17.5. The van der Waals surface area contributed by atoms with E-state index in [2.05, 4.69) is 18.7 Å². The van der Waals surface area contributed by atoms with Gasteiger partial charge in [-0.2, -0.15) is 0 Å². The van der Waals surface area contributed by atoms with E-state index in [9.17, 15) is 9.59 Å². The van der Waals surface area contributed by atoms with Gasteiger partial charge in [-0.3, -0.25) is 9.59 Å². The minimum Gasteiger partial charge on any atom is -0.450 e. The van der Waals surface area contributed by atoms with E-state index in [1.165, 1.54) is 0 Å². The van der Waals surface area contributed by atoms with Gasteiger partial charge in [0.15, 0.2) is 5.43 Å². The smallest absolute Gasteiger partial charge is 0.290 e. The number of nitrogens with zero attached hydrogens (tertiary/aromatic N) is 2. The van der Waals surface area contributed by atoms with Crippen molar-refractivity contribution in [1.29, 1.82) is 0 Å². The van der Waals surface area contributed by atoms with Gasteiger partial charge in [-0.15, -0.1) is 0 Å². The van der Waals surface area contributed by atoms with Crippen LogP contribution in [0.2, 0.25) is 10.0 Å². The number of carbonyl (C=O) groups excluding carboxylic acids is 1. The minimum absolute atomic E-state index is 0.104. The number of halogens is 2. The Hall–Kier alpha value is -2.34. The van der Waals surface area contributed by atoms with E-state index in [1.807, 2.05) is 12.1 Å². The van der Waals surface area contributed by atoms with Crippen molar-refractivity contribution in [3.05, 3.63) is 79.6 Å². The summed E-state index contributed by atoms with van der Waals surface area (Å²) in [5.41, 5.74) is 1.26. The van der Waals surface area contributed by atoms with E-state index in [-0.39, 0.29) is 17.1 Å². The fraction of sp³-hybridized carbons (Fsp3) is 0.333. The predicted molar refractivity (Wildman–Crippen MR) is 124 cm³/mol. The molecule has 0 bridgehead atoms. The third-order valence-corrected chi connectivity index (χ3v) is 6.33. The number of hydrogen-bond acceptors (Lipinski definition) is 4. The SMILES string of the molecule is CCN(CC)CCCN1C(=O)c2oc3ccc(Cl)cc3c(=O)c2C1c1cccc(Cl)c1. The average Bonchev–Trinajstić information content (AvgIpc) is 3.04. The highest BCUT2D eigenvalue weighted by Crippen LogP contribution is 2.39. The molecule has 1 unspecified atom stereocenters. The van der Waals surface area contributed by atoms with Gasteiger partial charge in [0, 0.05) is 16.6 Å². The van der Waals surface area contributed by atoms with E-state index < -0.39 is 6.04 Å². The summed E-state index contributed by atoms with van der Waals surface area (Å²) in [6.07, 6.45) is 0.790. The molecule has 31 heavy (non-hydrogen) atoms. The van der Waals surface area contributed by atoms with Gasteiger partial charge in [0.1, 0.15) is 5.58 Å². The Balaban J connectivity index is 1.81. The molecule has 0 N–H and O–H groups in total. The van der Waals surface area contributed by atoms with Crippen LogP contribution >= 0.6 is 23.2 Å². The molecule has 0 radical (unpaired) electrons. The first kappa shape index (κ1) is 21.9. The van der Waals surface area contributed by atoms with E-state index in [4.69, 9.17) is 27.6 Å². The first-order valence-corrected chi connectivity index (χ1v) is 11.2. The molecule has 0 aliphatic carbocycles. The van der Waals surface area contributed by atoms with Gasteiger partial charge in [-0.05, 0) is 62.0 Å². The Bertz CT molecular complexity index is 1190. The van der Waals surface area contributed by atoms with Crippen molar-refractivity contribution >= 4 is 40.1 Å². The molecule has 0 fully saturated rings. The lowest BCUT2D eigenvalue weighted by molar-refractivity contribution is 0.0720. The minimum atomic E-state index is -0.544. The average molecular weight is 459 g/mol. The van der Waals surface area contributed by atoms with E-state index in [0.717, 1.165) is 31.6 Å². The molecule has 1 amide bonds. The molecule has 162 valence electrons. The van der Waals surface area contributed by atoms with E-state index in [1.54, 1.807) is 35.2 Å². The summed E-state index contributed by atoms with van der Waals surface area (Å²) in [4.78, 5) is 30.9. The zero-order chi connectivity index (χ0) is 22.1. The number of carbonyl (C=O) groups is 1. The first-order chi connectivity index (χ1) is 14.9. The van der Waals surface area contributed by atoms with Gasteiger partial charge < -0.3 is 14.2 Å².